The molecule has 1 saturated heterocycles. The normalized spacial score (nSPS) is 18.4. The highest BCUT2D eigenvalue weighted by Gasteiger charge is 2.34. The second-order valence-electron chi connectivity index (χ2n) is 7.53. The molecule has 3 aromatic carbocycles. The number of nitrogen functional groups attached to an aromatic ring is 1. The first-order valence-corrected chi connectivity index (χ1v) is 9.75. The van der Waals surface area contributed by atoms with E-state index in [0.717, 1.165) is 21.5 Å². The number of rotatable bonds is 6. The Morgan fingerprint density at radius 3 is 2.53 bits per heavy atom. The molecule has 3 aromatic rings. The van der Waals surface area contributed by atoms with Crippen molar-refractivity contribution in [3.8, 4) is 5.75 Å². The van der Waals surface area contributed by atoms with Crippen molar-refractivity contribution in [3.05, 3.63) is 54.1 Å². The van der Waals surface area contributed by atoms with E-state index in [1.807, 2.05) is 48.5 Å². The SMILES string of the molecule is COC(=O)C[C@@H]1C[C@@H](COc2ccc3c(ccc4cc(C(=N)N)ccc43)c2)NC1=O. The van der Waals surface area contributed by atoms with E-state index in [-0.39, 0.29) is 36.1 Å². The molecule has 4 N–H and O–H groups in total. The molecule has 0 unspecified atom stereocenters. The van der Waals surface area contributed by atoms with Gasteiger partial charge >= 0.3 is 5.97 Å². The highest BCUT2D eigenvalue weighted by atomic mass is 16.5. The van der Waals surface area contributed by atoms with Crippen LogP contribution in [0.15, 0.2) is 48.5 Å². The Balaban J connectivity index is 1.47. The summed E-state index contributed by atoms with van der Waals surface area (Å²) in [5.41, 5.74) is 6.29. The summed E-state index contributed by atoms with van der Waals surface area (Å²) in [6.07, 6.45) is 0.637. The van der Waals surface area contributed by atoms with E-state index >= 15 is 0 Å². The molecule has 0 aromatic heterocycles. The maximum absolute atomic E-state index is 12.0. The zero-order chi connectivity index (χ0) is 21.3. The van der Waals surface area contributed by atoms with E-state index in [2.05, 4.69) is 10.1 Å². The lowest BCUT2D eigenvalue weighted by Gasteiger charge is -2.13. The third-order valence-corrected chi connectivity index (χ3v) is 5.50. The molecule has 1 amide bonds. The van der Waals surface area contributed by atoms with Crippen molar-refractivity contribution in [3.63, 3.8) is 0 Å². The van der Waals surface area contributed by atoms with Gasteiger partial charge in [0.15, 0.2) is 0 Å². The van der Waals surface area contributed by atoms with Gasteiger partial charge in [0.2, 0.25) is 5.91 Å². The minimum Gasteiger partial charge on any atom is -0.491 e. The van der Waals surface area contributed by atoms with Gasteiger partial charge in [0, 0.05) is 5.56 Å². The van der Waals surface area contributed by atoms with Gasteiger partial charge in [0.05, 0.1) is 25.5 Å². The Morgan fingerprint density at radius 1 is 1.13 bits per heavy atom. The number of nitrogens with one attached hydrogen (secondary N) is 2. The molecular weight excluding hydrogens is 382 g/mol. The average molecular weight is 405 g/mol. The number of carbonyl (C=O) groups excluding carboxylic acids is 2. The van der Waals surface area contributed by atoms with Crippen LogP contribution in [-0.2, 0) is 14.3 Å². The van der Waals surface area contributed by atoms with Crippen LogP contribution >= 0.6 is 0 Å². The number of methoxy groups -OCH3 is 1. The molecule has 7 heteroatoms. The minimum absolute atomic E-state index is 0.0496. The molecular formula is C23H23N3O4. The van der Waals surface area contributed by atoms with Crippen LogP contribution in [0.5, 0.6) is 5.75 Å². The minimum atomic E-state index is -0.381. The predicted molar refractivity (Wildman–Crippen MR) is 115 cm³/mol. The zero-order valence-corrected chi connectivity index (χ0v) is 16.6. The van der Waals surface area contributed by atoms with E-state index in [1.165, 1.54) is 7.11 Å². The number of fused-ring (bicyclic) bond motifs is 3. The van der Waals surface area contributed by atoms with Crippen LogP contribution < -0.4 is 15.8 Å². The lowest BCUT2D eigenvalue weighted by Crippen LogP contribution is -2.31. The fourth-order valence-corrected chi connectivity index (χ4v) is 3.90. The number of amidine groups is 1. The van der Waals surface area contributed by atoms with Crippen molar-refractivity contribution in [1.82, 2.24) is 5.32 Å². The van der Waals surface area contributed by atoms with Gasteiger partial charge in [-0.2, -0.15) is 0 Å². The van der Waals surface area contributed by atoms with Gasteiger partial charge in [-0.1, -0.05) is 30.3 Å². The number of carbonyl (C=O) groups is 2. The molecule has 1 aliphatic heterocycles. The van der Waals surface area contributed by atoms with Gasteiger partial charge in [-0.05, 0) is 46.2 Å². The Kier molecular flexibility index (Phi) is 5.27. The first-order valence-electron chi connectivity index (χ1n) is 9.75. The second kappa shape index (κ2) is 8.02. The summed E-state index contributed by atoms with van der Waals surface area (Å²) in [4.78, 5) is 23.4. The van der Waals surface area contributed by atoms with Crippen molar-refractivity contribution in [2.75, 3.05) is 13.7 Å². The van der Waals surface area contributed by atoms with E-state index in [9.17, 15) is 9.59 Å². The van der Waals surface area contributed by atoms with Gasteiger partial charge < -0.3 is 20.5 Å². The first kappa shape index (κ1) is 19.7. The Morgan fingerprint density at radius 2 is 1.83 bits per heavy atom. The van der Waals surface area contributed by atoms with Crippen molar-refractivity contribution in [2.24, 2.45) is 11.7 Å². The zero-order valence-electron chi connectivity index (χ0n) is 16.6. The largest absolute Gasteiger partial charge is 0.491 e. The molecule has 7 nitrogen and oxygen atoms in total. The Labute approximate surface area is 173 Å². The summed E-state index contributed by atoms with van der Waals surface area (Å²) in [6.45, 7) is 0.338. The lowest BCUT2D eigenvalue weighted by molar-refractivity contribution is -0.143. The molecule has 154 valence electrons. The highest BCUT2D eigenvalue weighted by molar-refractivity contribution is 6.10. The van der Waals surface area contributed by atoms with Gasteiger partial charge in [-0.15, -0.1) is 0 Å². The van der Waals surface area contributed by atoms with Crippen molar-refractivity contribution < 1.29 is 19.1 Å². The summed E-state index contributed by atoms with van der Waals surface area (Å²) in [6, 6.07) is 15.5. The fourth-order valence-electron chi connectivity index (χ4n) is 3.90. The van der Waals surface area contributed by atoms with Gasteiger partial charge in [-0.25, -0.2) is 0 Å². The van der Waals surface area contributed by atoms with Gasteiger partial charge in [0.1, 0.15) is 18.2 Å². The summed E-state index contributed by atoms with van der Waals surface area (Å²) < 4.78 is 10.6. The summed E-state index contributed by atoms with van der Waals surface area (Å²) in [5.74, 6) is -0.117. The van der Waals surface area contributed by atoms with Crippen LogP contribution in [0.2, 0.25) is 0 Å². The number of esters is 1. The predicted octanol–water partition coefficient (Wildman–Crippen LogP) is 2.72. The maximum Gasteiger partial charge on any atom is 0.306 e. The molecule has 2 atom stereocenters. The number of amides is 1. The topological polar surface area (TPSA) is 114 Å². The van der Waals surface area contributed by atoms with Crippen molar-refractivity contribution in [2.45, 2.75) is 18.9 Å². The number of nitrogens with two attached hydrogens (primary N) is 1. The van der Waals surface area contributed by atoms with Crippen LogP contribution in [0, 0.1) is 11.3 Å². The third kappa shape index (κ3) is 3.91. The lowest BCUT2D eigenvalue weighted by atomic mass is 9.99. The summed E-state index contributed by atoms with van der Waals surface area (Å²) >= 11 is 0. The quantitative estimate of drug-likeness (QED) is 0.252. The molecule has 4 rings (SSSR count). The molecule has 1 aliphatic rings. The molecule has 1 fully saturated rings. The second-order valence-corrected chi connectivity index (χ2v) is 7.53. The standard InChI is InChI=1S/C23H23N3O4/c1-29-21(27)11-16-9-17(26-23(16)28)12-30-18-5-7-20-14(10-18)3-2-13-8-15(22(24)25)4-6-19(13)20/h2-8,10,16-17H,9,11-12H2,1H3,(H3,24,25)(H,26,28)/t16-,17-/m0/s1. The fraction of sp³-hybridized carbons (Fsp3) is 0.261. The number of ether oxygens (including phenoxy) is 2. The van der Waals surface area contributed by atoms with Crippen molar-refractivity contribution in [1.29, 1.82) is 5.41 Å². The highest BCUT2D eigenvalue weighted by Crippen LogP contribution is 2.29. The van der Waals surface area contributed by atoms with Crippen LogP contribution in [0.4, 0.5) is 0 Å². The Hall–Kier alpha value is -3.61. The number of benzene rings is 3. The van der Waals surface area contributed by atoms with Gasteiger partial charge in [-0.3, -0.25) is 15.0 Å². The van der Waals surface area contributed by atoms with Crippen LogP contribution in [0.25, 0.3) is 21.5 Å². The summed E-state index contributed by atoms with van der Waals surface area (Å²) in [7, 11) is 1.32. The smallest absolute Gasteiger partial charge is 0.306 e. The molecule has 0 radical (unpaired) electrons. The number of hydrogen-bond acceptors (Lipinski definition) is 5. The van der Waals surface area contributed by atoms with E-state index < -0.39 is 0 Å². The summed E-state index contributed by atoms with van der Waals surface area (Å²) in [5, 5.41) is 14.7. The Bertz CT molecular complexity index is 1160. The van der Waals surface area contributed by atoms with E-state index in [1.54, 1.807) is 0 Å². The average Bonchev–Trinajstić information content (AvgIpc) is 3.10. The maximum atomic E-state index is 12.0. The van der Waals surface area contributed by atoms with Crippen LogP contribution in [0.1, 0.15) is 18.4 Å². The monoisotopic (exact) mass is 405 g/mol. The first-order chi connectivity index (χ1) is 14.4. The van der Waals surface area contributed by atoms with E-state index in [4.69, 9.17) is 15.9 Å². The molecule has 0 spiro atoms. The molecule has 0 aliphatic carbocycles. The van der Waals surface area contributed by atoms with Gasteiger partial charge in [0.25, 0.3) is 0 Å². The van der Waals surface area contributed by atoms with E-state index in [0.29, 0.717) is 24.3 Å². The number of hydrogen-bond donors (Lipinski definition) is 3. The molecule has 30 heavy (non-hydrogen) atoms. The molecule has 0 bridgehead atoms. The van der Waals surface area contributed by atoms with Crippen LogP contribution in [0.3, 0.4) is 0 Å². The van der Waals surface area contributed by atoms with Crippen molar-refractivity contribution >= 4 is 39.3 Å². The molecule has 0 saturated carbocycles. The molecule has 1 heterocycles. The third-order valence-electron chi connectivity index (χ3n) is 5.50. The van der Waals surface area contributed by atoms with Crippen LogP contribution in [-0.4, -0.2) is 37.5 Å².